The first kappa shape index (κ1) is 19.3. The highest BCUT2D eigenvalue weighted by atomic mass is 32.2. The largest absolute Gasteiger partial charge is 0.326 e. The van der Waals surface area contributed by atoms with Gasteiger partial charge in [-0.25, -0.2) is 4.39 Å². The summed E-state index contributed by atoms with van der Waals surface area (Å²) in [4.78, 5) is 16.2. The molecule has 2 aromatic heterocycles. The van der Waals surface area contributed by atoms with E-state index in [2.05, 4.69) is 20.5 Å². The molecular formula is C19H22FN5OS. The fourth-order valence-electron chi connectivity index (χ4n) is 2.82. The van der Waals surface area contributed by atoms with E-state index in [1.54, 1.807) is 18.5 Å². The van der Waals surface area contributed by atoms with Crippen LogP contribution in [0.15, 0.2) is 53.1 Å². The van der Waals surface area contributed by atoms with Gasteiger partial charge >= 0.3 is 0 Å². The molecule has 1 unspecified atom stereocenters. The van der Waals surface area contributed by atoms with Crippen molar-refractivity contribution in [3.8, 4) is 11.4 Å². The van der Waals surface area contributed by atoms with E-state index >= 15 is 0 Å². The van der Waals surface area contributed by atoms with Crippen molar-refractivity contribution in [1.29, 1.82) is 0 Å². The van der Waals surface area contributed by atoms with Crippen LogP contribution >= 0.6 is 11.8 Å². The van der Waals surface area contributed by atoms with Gasteiger partial charge in [0.25, 0.3) is 0 Å². The van der Waals surface area contributed by atoms with Gasteiger partial charge in [0, 0.05) is 30.9 Å². The second kappa shape index (κ2) is 8.94. The molecule has 142 valence electrons. The molecule has 1 atom stereocenters. The van der Waals surface area contributed by atoms with Gasteiger partial charge in [0.2, 0.25) is 5.91 Å². The minimum Gasteiger partial charge on any atom is -0.326 e. The Morgan fingerprint density at radius 2 is 2.07 bits per heavy atom. The molecule has 0 fully saturated rings. The highest BCUT2D eigenvalue weighted by Gasteiger charge is 2.20. The van der Waals surface area contributed by atoms with Crippen LogP contribution in [0.1, 0.15) is 26.7 Å². The third kappa shape index (κ3) is 4.63. The van der Waals surface area contributed by atoms with Crippen molar-refractivity contribution in [3.05, 3.63) is 47.9 Å². The Kier molecular flexibility index (Phi) is 6.39. The minimum atomic E-state index is -1.16. The number of nitrogens with one attached hydrogen (secondary N) is 1. The van der Waals surface area contributed by atoms with Gasteiger partial charge < -0.3 is 9.88 Å². The van der Waals surface area contributed by atoms with Crippen molar-refractivity contribution < 1.29 is 9.18 Å². The van der Waals surface area contributed by atoms with Gasteiger partial charge in [-0.3, -0.25) is 9.78 Å². The van der Waals surface area contributed by atoms with Gasteiger partial charge in [0.15, 0.2) is 11.0 Å². The first-order chi connectivity index (χ1) is 13.1. The summed E-state index contributed by atoms with van der Waals surface area (Å²) >= 11 is 1.29. The van der Waals surface area contributed by atoms with Crippen LogP contribution in [0.25, 0.3) is 11.4 Å². The number of carbonyl (C=O) groups excluding carboxylic acids is 1. The highest BCUT2D eigenvalue weighted by molar-refractivity contribution is 7.99. The molecule has 0 aliphatic heterocycles. The number of amides is 1. The summed E-state index contributed by atoms with van der Waals surface area (Å²) in [6, 6.07) is 3.73. The van der Waals surface area contributed by atoms with Crippen molar-refractivity contribution in [2.75, 3.05) is 5.75 Å². The number of halogens is 1. The van der Waals surface area contributed by atoms with Gasteiger partial charge in [-0.15, -0.1) is 10.2 Å². The average molecular weight is 387 g/mol. The molecule has 0 aromatic carbocycles. The Morgan fingerprint density at radius 3 is 2.74 bits per heavy atom. The minimum absolute atomic E-state index is 0.142. The highest BCUT2D eigenvalue weighted by Crippen LogP contribution is 2.25. The van der Waals surface area contributed by atoms with Crippen LogP contribution in [0.5, 0.6) is 0 Å². The maximum atomic E-state index is 14.2. The van der Waals surface area contributed by atoms with E-state index in [9.17, 15) is 9.18 Å². The SMILES string of the molecule is CCC1=CC=C(NC(=O)CSc2nnc(-c3ccncc3)n2CC)C(F)C1. The van der Waals surface area contributed by atoms with Crippen molar-refractivity contribution >= 4 is 17.7 Å². The Hall–Kier alpha value is -2.48. The molecule has 0 radical (unpaired) electrons. The van der Waals surface area contributed by atoms with Gasteiger partial charge in [0.05, 0.1) is 11.4 Å². The fourth-order valence-corrected chi connectivity index (χ4v) is 3.63. The summed E-state index contributed by atoms with van der Waals surface area (Å²) in [6.45, 7) is 4.67. The number of rotatable bonds is 7. The first-order valence-electron chi connectivity index (χ1n) is 8.92. The number of nitrogens with zero attached hydrogens (tertiary/aromatic N) is 4. The third-order valence-corrected chi connectivity index (χ3v) is 5.29. The molecule has 0 saturated heterocycles. The Balaban J connectivity index is 1.64. The summed E-state index contributed by atoms with van der Waals surface area (Å²) in [5.41, 5.74) is 2.29. The quantitative estimate of drug-likeness (QED) is 0.736. The molecule has 2 heterocycles. The number of thioether (sulfide) groups is 1. The predicted octanol–water partition coefficient (Wildman–Crippen LogP) is 3.53. The first-order valence-corrected chi connectivity index (χ1v) is 9.90. The molecule has 27 heavy (non-hydrogen) atoms. The van der Waals surface area contributed by atoms with Crippen molar-refractivity contribution in [1.82, 2.24) is 25.1 Å². The van der Waals surface area contributed by atoms with E-state index in [1.165, 1.54) is 11.8 Å². The zero-order valence-electron chi connectivity index (χ0n) is 15.4. The fraction of sp³-hybridized carbons (Fsp3) is 0.368. The predicted molar refractivity (Wildman–Crippen MR) is 104 cm³/mol. The Morgan fingerprint density at radius 1 is 1.30 bits per heavy atom. The van der Waals surface area contributed by atoms with E-state index in [-0.39, 0.29) is 11.7 Å². The van der Waals surface area contributed by atoms with Crippen LogP contribution in [0, 0.1) is 0 Å². The Bertz CT molecular complexity index is 862. The van der Waals surface area contributed by atoms with Crippen molar-refractivity contribution in [3.63, 3.8) is 0 Å². The average Bonchev–Trinajstić information content (AvgIpc) is 3.11. The van der Waals surface area contributed by atoms with E-state index in [0.717, 1.165) is 23.4 Å². The molecule has 1 amide bonds. The molecule has 2 aromatic rings. The number of hydrogen-bond donors (Lipinski definition) is 1. The van der Waals surface area contributed by atoms with Crippen molar-refractivity contribution in [2.24, 2.45) is 0 Å². The van der Waals surface area contributed by atoms with Gasteiger partial charge in [-0.1, -0.05) is 30.3 Å². The second-order valence-corrected chi connectivity index (χ2v) is 7.04. The molecule has 6 nitrogen and oxygen atoms in total. The second-order valence-electron chi connectivity index (χ2n) is 6.10. The zero-order chi connectivity index (χ0) is 19.2. The number of alkyl halides is 1. The van der Waals surface area contributed by atoms with Crippen molar-refractivity contribution in [2.45, 2.75) is 44.6 Å². The standard InChI is InChI=1S/C19H22FN5OS/c1-3-13-5-6-16(15(20)11-13)22-17(26)12-27-19-24-23-18(25(19)4-2)14-7-9-21-10-8-14/h5-10,15H,3-4,11-12H2,1-2H3,(H,22,26). The van der Waals surface area contributed by atoms with Crippen LogP contribution in [0.4, 0.5) is 4.39 Å². The van der Waals surface area contributed by atoms with Gasteiger partial charge in [0.1, 0.15) is 6.17 Å². The van der Waals surface area contributed by atoms with E-state index in [0.29, 0.717) is 23.8 Å². The molecule has 1 aliphatic carbocycles. The smallest absolute Gasteiger partial charge is 0.234 e. The zero-order valence-corrected chi connectivity index (χ0v) is 16.2. The Labute approximate surface area is 162 Å². The molecule has 3 rings (SSSR count). The van der Waals surface area contributed by atoms with E-state index in [1.807, 2.05) is 36.6 Å². The lowest BCUT2D eigenvalue weighted by Crippen LogP contribution is -2.30. The summed E-state index contributed by atoms with van der Waals surface area (Å²) in [6.07, 6.45) is 6.95. The van der Waals surface area contributed by atoms with Crippen LogP contribution in [-0.4, -0.2) is 37.6 Å². The summed E-state index contributed by atoms with van der Waals surface area (Å²) < 4.78 is 16.1. The van der Waals surface area contributed by atoms with Crippen LogP contribution < -0.4 is 5.32 Å². The number of allylic oxidation sites excluding steroid dienone is 4. The van der Waals surface area contributed by atoms with Crippen LogP contribution in [0.2, 0.25) is 0 Å². The number of carbonyl (C=O) groups is 1. The van der Waals surface area contributed by atoms with Gasteiger partial charge in [-0.2, -0.15) is 0 Å². The molecule has 0 bridgehead atoms. The molecular weight excluding hydrogens is 365 g/mol. The normalized spacial score (nSPS) is 16.6. The van der Waals surface area contributed by atoms with Crippen LogP contribution in [-0.2, 0) is 11.3 Å². The molecule has 1 N–H and O–H groups in total. The van der Waals surface area contributed by atoms with E-state index < -0.39 is 6.17 Å². The third-order valence-electron chi connectivity index (χ3n) is 4.32. The maximum Gasteiger partial charge on any atom is 0.234 e. The van der Waals surface area contributed by atoms with E-state index in [4.69, 9.17) is 0 Å². The molecule has 0 spiro atoms. The summed E-state index contributed by atoms with van der Waals surface area (Å²) in [5.74, 6) is 0.625. The summed E-state index contributed by atoms with van der Waals surface area (Å²) in [5, 5.41) is 11.8. The monoisotopic (exact) mass is 387 g/mol. The maximum absolute atomic E-state index is 14.2. The lowest BCUT2D eigenvalue weighted by Gasteiger charge is -2.19. The number of hydrogen-bond acceptors (Lipinski definition) is 5. The lowest BCUT2D eigenvalue weighted by molar-refractivity contribution is -0.118. The number of aromatic nitrogens is 4. The lowest BCUT2D eigenvalue weighted by atomic mass is 9.99. The molecule has 1 aliphatic rings. The summed E-state index contributed by atoms with van der Waals surface area (Å²) in [7, 11) is 0. The van der Waals surface area contributed by atoms with Crippen LogP contribution in [0.3, 0.4) is 0 Å². The molecule has 0 saturated carbocycles. The van der Waals surface area contributed by atoms with Gasteiger partial charge in [-0.05, 0) is 31.6 Å². The topological polar surface area (TPSA) is 72.7 Å². The number of pyridine rings is 1. The molecule has 8 heteroatoms.